The highest BCUT2D eigenvalue weighted by atomic mass is 35.5. The van der Waals surface area contributed by atoms with Gasteiger partial charge in [0.2, 0.25) is 0 Å². The van der Waals surface area contributed by atoms with Gasteiger partial charge < -0.3 is 10.1 Å². The monoisotopic (exact) mass is 282 g/mol. The van der Waals surface area contributed by atoms with Crippen molar-refractivity contribution < 1.29 is 4.74 Å². The number of rotatable bonds is 6. The fourth-order valence-corrected chi connectivity index (χ4v) is 2.36. The molecule has 1 N–H and O–H groups in total. The van der Waals surface area contributed by atoms with Crippen LogP contribution in [0.2, 0.25) is 4.47 Å². The Labute approximate surface area is 116 Å². The zero-order valence-corrected chi connectivity index (χ0v) is 11.7. The van der Waals surface area contributed by atoms with Gasteiger partial charge in [0.25, 0.3) is 0 Å². The fourth-order valence-electron chi connectivity index (χ4n) is 1.44. The number of ether oxygens (including phenoxy) is 1. The normalized spacial score (nSPS) is 10.3. The topological polar surface area (TPSA) is 34.1 Å². The van der Waals surface area contributed by atoms with Gasteiger partial charge in [-0.2, -0.15) is 0 Å². The molecule has 3 nitrogen and oxygen atoms in total. The summed E-state index contributed by atoms with van der Waals surface area (Å²) in [7, 11) is 0. The lowest BCUT2D eigenvalue weighted by molar-refractivity contribution is 0.317. The molecule has 0 spiro atoms. The van der Waals surface area contributed by atoms with Gasteiger partial charge in [0.15, 0.2) is 4.47 Å². The first-order valence-electron chi connectivity index (χ1n) is 5.85. The number of benzene rings is 1. The van der Waals surface area contributed by atoms with Crippen LogP contribution in [-0.4, -0.2) is 11.6 Å². The maximum atomic E-state index is 5.77. The van der Waals surface area contributed by atoms with E-state index in [0.29, 0.717) is 4.47 Å². The number of hydrogen-bond donors (Lipinski definition) is 1. The predicted octanol–water partition coefficient (Wildman–Crippen LogP) is 4.20. The van der Waals surface area contributed by atoms with E-state index in [-0.39, 0.29) is 0 Å². The lowest BCUT2D eigenvalue weighted by Gasteiger charge is -2.07. The van der Waals surface area contributed by atoms with E-state index in [1.165, 1.54) is 11.3 Å². The van der Waals surface area contributed by atoms with Crippen LogP contribution in [0.3, 0.4) is 0 Å². The highest BCUT2D eigenvalue weighted by Gasteiger charge is 1.99. The van der Waals surface area contributed by atoms with Gasteiger partial charge in [0.1, 0.15) is 5.75 Å². The summed E-state index contributed by atoms with van der Waals surface area (Å²) in [6, 6.07) is 7.95. The van der Waals surface area contributed by atoms with Crippen molar-refractivity contribution in [3.63, 3.8) is 0 Å². The molecule has 0 radical (unpaired) electrons. The van der Waals surface area contributed by atoms with Gasteiger partial charge in [0, 0.05) is 16.8 Å². The van der Waals surface area contributed by atoms with Crippen molar-refractivity contribution in [3.8, 4) is 5.75 Å². The van der Waals surface area contributed by atoms with E-state index >= 15 is 0 Å². The van der Waals surface area contributed by atoms with Crippen molar-refractivity contribution in [1.82, 2.24) is 4.98 Å². The molecule has 0 bridgehead atoms. The second-order valence-corrected chi connectivity index (χ2v) is 5.50. The number of aromatic nitrogens is 1. The minimum atomic E-state index is 0.579. The predicted molar refractivity (Wildman–Crippen MR) is 76.7 cm³/mol. The van der Waals surface area contributed by atoms with Crippen LogP contribution in [0.25, 0.3) is 0 Å². The van der Waals surface area contributed by atoms with Crippen molar-refractivity contribution >= 4 is 28.6 Å². The third-order valence-corrected chi connectivity index (χ3v) is 3.43. The summed E-state index contributed by atoms with van der Waals surface area (Å²) < 4.78 is 6.10. The largest absolute Gasteiger partial charge is 0.494 e. The van der Waals surface area contributed by atoms with E-state index in [9.17, 15) is 0 Å². The van der Waals surface area contributed by atoms with Gasteiger partial charge in [-0.15, -0.1) is 11.3 Å². The molecule has 0 saturated heterocycles. The lowest BCUT2D eigenvalue weighted by Crippen LogP contribution is -1.98. The van der Waals surface area contributed by atoms with Gasteiger partial charge in [-0.3, -0.25) is 0 Å². The van der Waals surface area contributed by atoms with E-state index in [4.69, 9.17) is 16.3 Å². The maximum Gasteiger partial charge on any atom is 0.183 e. The smallest absolute Gasteiger partial charge is 0.183 e. The summed E-state index contributed by atoms with van der Waals surface area (Å²) in [5.74, 6) is 0.906. The zero-order chi connectivity index (χ0) is 12.8. The minimum absolute atomic E-state index is 0.579. The van der Waals surface area contributed by atoms with Gasteiger partial charge in [0.05, 0.1) is 13.2 Å². The highest BCUT2D eigenvalue weighted by Crippen LogP contribution is 2.20. The van der Waals surface area contributed by atoms with E-state index in [2.05, 4.69) is 17.2 Å². The standard InChI is InChI=1S/C13H15ClN2OS/c1-2-7-17-11-5-3-10(4-6-11)15-8-12-9-16-13(14)18-12/h3-6,9,15H,2,7-8H2,1H3. The minimum Gasteiger partial charge on any atom is -0.494 e. The van der Waals surface area contributed by atoms with Crippen LogP contribution in [0.4, 0.5) is 5.69 Å². The Kier molecular flexibility index (Phi) is 4.84. The van der Waals surface area contributed by atoms with Gasteiger partial charge in [-0.25, -0.2) is 4.98 Å². The van der Waals surface area contributed by atoms with Crippen LogP contribution < -0.4 is 10.1 Å². The number of nitrogens with zero attached hydrogens (tertiary/aromatic N) is 1. The fraction of sp³-hybridized carbons (Fsp3) is 0.308. The Morgan fingerprint density at radius 1 is 1.33 bits per heavy atom. The molecule has 0 amide bonds. The molecule has 0 atom stereocenters. The van der Waals surface area contributed by atoms with Crippen molar-refractivity contribution in [2.24, 2.45) is 0 Å². The van der Waals surface area contributed by atoms with E-state index in [1.54, 1.807) is 6.20 Å². The molecule has 2 rings (SSSR count). The molecule has 0 aliphatic carbocycles. The molecule has 0 unspecified atom stereocenters. The summed E-state index contributed by atoms with van der Waals surface area (Å²) in [5, 5.41) is 3.31. The highest BCUT2D eigenvalue weighted by molar-refractivity contribution is 7.15. The number of nitrogens with one attached hydrogen (secondary N) is 1. The Morgan fingerprint density at radius 2 is 2.11 bits per heavy atom. The summed E-state index contributed by atoms with van der Waals surface area (Å²) in [6.07, 6.45) is 2.81. The first-order valence-corrected chi connectivity index (χ1v) is 7.04. The average molecular weight is 283 g/mol. The van der Waals surface area contributed by atoms with Crippen LogP contribution in [-0.2, 0) is 6.54 Å². The van der Waals surface area contributed by atoms with E-state index in [1.807, 2.05) is 24.3 Å². The number of hydrogen-bond acceptors (Lipinski definition) is 4. The molecule has 18 heavy (non-hydrogen) atoms. The van der Waals surface area contributed by atoms with Gasteiger partial charge in [-0.05, 0) is 30.7 Å². The molecule has 96 valence electrons. The SMILES string of the molecule is CCCOc1ccc(NCc2cnc(Cl)s2)cc1. The lowest BCUT2D eigenvalue weighted by atomic mass is 10.3. The van der Waals surface area contributed by atoms with Crippen molar-refractivity contribution in [2.45, 2.75) is 19.9 Å². The number of anilines is 1. The second kappa shape index (κ2) is 6.61. The maximum absolute atomic E-state index is 5.77. The Morgan fingerprint density at radius 3 is 2.72 bits per heavy atom. The molecular weight excluding hydrogens is 268 g/mol. The quantitative estimate of drug-likeness (QED) is 0.862. The van der Waals surface area contributed by atoms with Crippen molar-refractivity contribution in [3.05, 3.63) is 39.8 Å². The number of thiazole rings is 1. The molecule has 0 aliphatic rings. The summed E-state index contributed by atoms with van der Waals surface area (Å²) in [5.41, 5.74) is 1.06. The molecule has 1 heterocycles. The first-order chi connectivity index (χ1) is 8.78. The van der Waals surface area contributed by atoms with E-state index in [0.717, 1.165) is 35.9 Å². The van der Waals surface area contributed by atoms with Gasteiger partial charge in [-0.1, -0.05) is 18.5 Å². The van der Waals surface area contributed by atoms with Crippen LogP contribution in [0.1, 0.15) is 18.2 Å². The zero-order valence-electron chi connectivity index (χ0n) is 10.1. The van der Waals surface area contributed by atoms with Crippen LogP contribution in [0, 0.1) is 0 Å². The molecule has 1 aromatic carbocycles. The summed E-state index contributed by atoms with van der Waals surface area (Å²) in [6.45, 7) is 3.59. The van der Waals surface area contributed by atoms with Crippen LogP contribution in [0.5, 0.6) is 5.75 Å². The third-order valence-electron chi connectivity index (χ3n) is 2.32. The van der Waals surface area contributed by atoms with Gasteiger partial charge >= 0.3 is 0 Å². The molecule has 1 aromatic heterocycles. The Bertz CT molecular complexity index is 484. The molecule has 0 fully saturated rings. The molecule has 0 aliphatic heterocycles. The third kappa shape index (κ3) is 3.89. The molecular formula is C13H15ClN2OS. The van der Waals surface area contributed by atoms with E-state index < -0.39 is 0 Å². The number of halogens is 1. The summed E-state index contributed by atoms with van der Waals surface area (Å²) in [4.78, 5) is 5.12. The Balaban J connectivity index is 1.86. The second-order valence-electron chi connectivity index (χ2n) is 3.81. The first kappa shape index (κ1) is 13.2. The molecule has 2 aromatic rings. The van der Waals surface area contributed by atoms with Crippen molar-refractivity contribution in [1.29, 1.82) is 0 Å². The summed E-state index contributed by atoms with van der Waals surface area (Å²) >= 11 is 7.26. The van der Waals surface area contributed by atoms with Crippen LogP contribution >= 0.6 is 22.9 Å². The van der Waals surface area contributed by atoms with Crippen molar-refractivity contribution in [2.75, 3.05) is 11.9 Å². The molecule has 0 saturated carbocycles. The molecule has 5 heteroatoms. The van der Waals surface area contributed by atoms with Crippen LogP contribution in [0.15, 0.2) is 30.5 Å². The average Bonchev–Trinajstić information content (AvgIpc) is 2.81. The Hall–Kier alpha value is -1.26.